The molecule has 1 aromatic carbocycles. The Bertz CT molecular complexity index is 842. The molecule has 0 bridgehead atoms. The molecule has 0 unspecified atom stereocenters. The maximum absolute atomic E-state index is 12.2. The van der Waals surface area contributed by atoms with Crippen LogP contribution in [0, 0.1) is 0 Å². The molecule has 0 saturated carbocycles. The summed E-state index contributed by atoms with van der Waals surface area (Å²) in [5.41, 5.74) is 6.81. The fourth-order valence-electron chi connectivity index (χ4n) is 3.37. The molecule has 4 heteroatoms. The lowest BCUT2D eigenvalue weighted by atomic mass is 10.1. The Hall–Kier alpha value is -2.75. The number of benzene rings is 1. The van der Waals surface area contributed by atoms with Gasteiger partial charge in [0.25, 0.3) is 0 Å². The average molecular weight is 454 g/mol. The maximum atomic E-state index is 12.2. The average Bonchev–Trinajstić information content (AvgIpc) is 2.77. The predicted molar refractivity (Wildman–Crippen MR) is 141 cm³/mol. The van der Waals surface area contributed by atoms with E-state index >= 15 is 0 Å². The summed E-state index contributed by atoms with van der Waals surface area (Å²) >= 11 is 0. The highest BCUT2D eigenvalue weighted by atomic mass is 16.5. The van der Waals surface area contributed by atoms with Gasteiger partial charge in [-0.1, -0.05) is 46.6 Å². The highest BCUT2D eigenvalue weighted by Crippen LogP contribution is 2.30. The Labute approximate surface area is 201 Å². The maximum Gasteiger partial charge on any atom is 0.337 e. The fraction of sp³-hybridized carbons (Fsp3) is 0.483. The molecular formula is C29H43NO3. The van der Waals surface area contributed by atoms with Crippen molar-refractivity contribution in [3.8, 4) is 5.75 Å². The van der Waals surface area contributed by atoms with Gasteiger partial charge in [-0.25, -0.2) is 4.79 Å². The number of nitrogens with zero attached hydrogens (tertiary/aromatic N) is 1. The standard InChI is InChI=1S/C29H43NO3/c1-22(2)11-9-13-24(5)17-19-30(20-18-25(6)14-10-12-23(3)4)27-21-26(29(31)33-8)15-16-28(27)32-7/h11-12,15-18,21H,9-10,13-14,19-20H2,1-8H3/b24-17+,25-18+. The first-order valence-corrected chi connectivity index (χ1v) is 11.8. The van der Waals surface area contributed by atoms with Crippen molar-refractivity contribution >= 4 is 11.7 Å². The van der Waals surface area contributed by atoms with Gasteiger partial charge in [0.05, 0.1) is 25.5 Å². The third-order valence-corrected chi connectivity index (χ3v) is 5.44. The lowest BCUT2D eigenvalue weighted by molar-refractivity contribution is 0.0600. The number of methoxy groups -OCH3 is 2. The van der Waals surface area contributed by atoms with Gasteiger partial charge in [0.1, 0.15) is 5.75 Å². The second-order valence-electron chi connectivity index (χ2n) is 9.02. The first kappa shape index (κ1) is 28.3. The van der Waals surface area contributed by atoms with Crippen LogP contribution in [0.3, 0.4) is 0 Å². The molecule has 0 saturated heterocycles. The molecule has 0 aliphatic rings. The zero-order chi connectivity index (χ0) is 24.8. The Kier molecular flexibility index (Phi) is 13.0. The van der Waals surface area contributed by atoms with Gasteiger partial charge in [0.15, 0.2) is 0 Å². The van der Waals surface area contributed by atoms with E-state index in [0.717, 1.165) is 50.2 Å². The summed E-state index contributed by atoms with van der Waals surface area (Å²) in [6.07, 6.45) is 13.3. The lowest BCUT2D eigenvalue weighted by Crippen LogP contribution is -2.25. The monoisotopic (exact) mass is 453 g/mol. The van der Waals surface area contributed by atoms with Crippen molar-refractivity contribution in [3.63, 3.8) is 0 Å². The summed E-state index contributed by atoms with van der Waals surface area (Å²) in [7, 11) is 3.07. The van der Waals surface area contributed by atoms with Crippen molar-refractivity contribution in [3.05, 3.63) is 70.4 Å². The molecule has 0 radical (unpaired) electrons. The van der Waals surface area contributed by atoms with E-state index in [9.17, 15) is 4.79 Å². The number of allylic oxidation sites excluding steroid dienone is 6. The van der Waals surface area contributed by atoms with Crippen LogP contribution in [0.25, 0.3) is 0 Å². The summed E-state index contributed by atoms with van der Waals surface area (Å²) in [6, 6.07) is 5.45. The molecule has 0 N–H and O–H groups in total. The number of esters is 1. The van der Waals surface area contributed by atoms with Crippen LogP contribution in [0.4, 0.5) is 5.69 Å². The Morgan fingerprint density at radius 2 is 1.33 bits per heavy atom. The minimum atomic E-state index is -0.347. The molecule has 0 atom stereocenters. The van der Waals surface area contributed by atoms with Crippen molar-refractivity contribution in [2.45, 2.75) is 67.2 Å². The molecule has 33 heavy (non-hydrogen) atoms. The summed E-state index contributed by atoms with van der Waals surface area (Å²) in [4.78, 5) is 14.4. The van der Waals surface area contributed by atoms with Crippen LogP contribution in [0.15, 0.2) is 64.8 Å². The van der Waals surface area contributed by atoms with Crippen LogP contribution in [0.1, 0.15) is 77.6 Å². The zero-order valence-electron chi connectivity index (χ0n) is 22.0. The molecule has 4 nitrogen and oxygen atoms in total. The van der Waals surface area contributed by atoms with Crippen LogP contribution in [-0.2, 0) is 4.74 Å². The van der Waals surface area contributed by atoms with Gasteiger partial charge in [-0.2, -0.15) is 0 Å². The highest BCUT2D eigenvalue weighted by Gasteiger charge is 2.15. The third-order valence-electron chi connectivity index (χ3n) is 5.44. The Morgan fingerprint density at radius 1 is 0.818 bits per heavy atom. The first-order valence-electron chi connectivity index (χ1n) is 11.8. The molecule has 0 spiro atoms. The van der Waals surface area contributed by atoms with Crippen LogP contribution < -0.4 is 9.64 Å². The molecule has 0 aromatic heterocycles. The fourth-order valence-corrected chi connectivity index (χ4v) is 3.37. The van der Waals surface area contributed by atoms with E-state index in [1.54, 1.807) is 13.2 Å². The van der Waals surface area contributed by atoms with Crippen molar-refractivity contribution < 1.29 is 14.3 Å². The van der Waals surface area contributed by atoms with Crippen LogP contribution in [0.2, 0.25) is 0 Å². The lowest BCUT2D eigenvalue weighted by Gasteiger charge is -2.25. The molecule has 0 aliphatic carbocycles. The van der Waals surface area contributed by atoms with Crippen molar-refractivity contribution in [1.29, 1.82) is 0 Å². The van der Waals surface area contributed by atoms with Crippen LogP contribution in [-0.4, -0.2) is 33.3 Å². The summed E-state index contributed by atoms with van der Waals surface area (Å²) in [6.45, 7) is 14.4. The van der Waals surface area contributed by atoms with E-state index in [1.807, 2.05) is 12.1 Å². The number of rotatable bonds is 13. The molecule has 0 aliphatic heterocycles. The van der Waals surface area contributed by atoms with E-state index in [4.69, 9.17) is 9.47 Å². The van der Waals surface area contributed by atoms with Gasteiger partial charge in [0, 0.05) is 13.1 Å². The topological polar surface area (TPSA) is 38.8 Å². The molecule has 1 aromatic rings. The van der Waals surface area contributed by atoms with Gasteiger partial charge in [-0.3, -0.25) is 0 Å². The number of anilines is 1. The number of carbonyl (C=O) groups is 1. The van der Waals surface area contributed by atoms with Gasteiger partial charge < -0.3 is 14.4 Å². The second kappa shape index (κ2) is 15.2. The normalized spacial score (nSPS) is 11.6. The molecule has 1 rings (SSSR count). The Morgan fingerprint density at radius 3 is 1.76 bits per heavy atom. The molecule has 0 fully saturated rings. The van der Waals surface area contributed by atoms with Crippen molar-refractivity contribution in [1.82, 2.24) is 0 Å². The molecule has 182 valence electrons. The number of hydrogen-bond acceptors (Lipinski definition) is 4. The third kappa shape index (κ3) is 11.1. The summed E-state index contributed by atoms with van der Waals surface area (Å²) in [5, 5.41) is 0. The van der Waals surface area contributed by atoms with Crippen LogP contribution >= 0.6 is 0 Å². The van der Waals surface area contributed by atoms with Crippen molar-refractivity contribution in [2.75, 3.05) is 32.2 Å². The van der Waals surface area contributed by atoms with Gasteiger partial charge in [-0.15, -0.1) is 0 Å². The SMILES string of the molecule is COC(=O)c1ccc(OC)c(N(C/C=C(\C)CCC=C(C)C)C/C=C(\C)CCC=C(C)C)c1. The van der Waals surface area contributed by atoms with E-state index in [-0.39, 0.29) is 5.97 Å². The quantitative estimate of drug-likeness (QED) is 0.227. The smallest absolute Gasteiger partial charge is 0.337 e. The minimum absolute atomic E-state index is 0.347. The summed E-state index contributed by atoms with van der Waals surface area (Å²) in [5.74, 6) is 0.398. The molecule has 0 heterocycles. The van der Waals surface area contributed by atoms with Crippen molar-refractivity contribution in [2.24, 2.45) is 0 Å². The highest BCUT2D eigenvalue weighted by molar-refractivity contribution is 5.91. The Balaban J connectivity index is 3.17. The van der Waals surface area contributed by atoms with E-state index in [0.29, 0.717) is 5.56 Å². The summed E-state index contributed by atoms with van der Waals surface area (Å²) < 4.78 is 10.6. The van der Waals surface area contributed by atoms with Gasteiger partial charge in [0.2, 0.25) is 0 Å². The number of carbonyl (C=O) groups excluding carboxylic acids is 1. The van der Waals surface area contributed by atoms with Gasteiger partial charge >= 0.3 is 5.97 Å². The van der Waals surface area contributed by atoms with Crippen LogP contribution in [0.5, 0.6) is 5.75 Å². The first-order chi connectivity index (χ1) is 15.7. The number of hydrogen-bond donors (Lipinski definition) is 0. The second-order valence-corrected chi connectivity index (χ2v) is 9.02. The van der Waals surface area contributed by atoms with E-state index in [2.05, 4.69) is 70.7 Å². The van der Waals surface area contributed by atoms with Gasteiger partial charge in [-0.05, 0) is 85.4 Å². The minimum Gasteiger partial charge on any atom is -0.495 e. The molecular weight excluding hydrogens is 410 g/mol. The molecule has 0 amide bonds. The zero-order valence-corrected chi connectivity index (χ0v) is 22.0. The van der Waals surface area contributed by atoms with E-state index in [1.165, 1.54) is 29.4 Å². The largest absolute Gasteiger partial charge is 0.495 e. The predicted octanol–water partition coefficient (Wildman–Crippen LogP) is 7.67. The van der Waals surface area contributed by atoms with E-state index < -0.39 is 0 Å². The number of ether oxygens (including phenoxy) is 2.